The van der Waals surface area contributed by atoms with Gasteiger partial charge in [0.25, 0.3) is 0 Å². The Hall–Kier alpha value is -2.46. The van der Waals surface area contributed by atoms with Crippen LogP contribution in [0.25, 0.3) is 11.3 Å². The number of aryl methyl sites for hydroxylation is 3. The summed E-state index contributed by atoms with van der Waals surface area (Å²) >= 11 is 1.69. The molecule has 3 rings (SSSR count). The molecule has 1 aromatic heterocycles. The van der Waals surface area contributed by atoms with E-state index in [1.165, 1.54) is 21.6 Å². The summed E-state index contributed by atoms with van der Waals surface area (Å²) in [7, 11) is 0. The molecule has 0 radical (unpaired) electrons. The van der Waals surface area contributed by atoms with Crippen LogP contribution in [0, 0.1) is 13.8 Å². The van der Waals surface area contributed by atoms with Gasteiger partial charge in [-0.05, 0) is 37.5 Å². The van der Waals surface area contributed by atoms with E-state index in [2.05, 4.69) is 49.5 Å². The summed E-state index contributed by atoms with van der Waals surface area (Å²) in [6, 6.07) is 16.6. The lowest BCUT2D eigenvalue weighted by Gasteiger charge is -2.06. The van der Waals surface area contributed by atoms with Gasteiger partial charge in [0.15, 0.2) is 0 Å². The number of anilines is 1. The van der Waals surface area contributed by atoms with Crippen molar-refractivity contribution >= 4 is 22.7 Å². The molecule has 1 N–H and O–H groups in total. The monoisotopic (exact) mass is 349 g/mol. The number of rotatable bonds is 6. The summed E-state index contributed by atoms with van der Waals surface area (Å²) in [6.07, 6.45) is 3.95. The van der Waals surface area contributed by atoms with E-state index in [1.807, 2.05) is 36.5 Å². The van der Waals surface area contributed by atoms with E-state index in [0.29, 0.717) is 0 Å². The molecule has 2 aromatic carbocycles. The highest BCUT2D eigenvalue weighted by Gasteiger charge is 2.14. The van der Waals surface area contributed by atoms with E-state index in [0.717, 1.165) is 29.2 Å². The van der Waals surface area contributed by atoms with Crippen LogP contribution in [0.3, 0.4) is 0 Å². The molecule has 0 amide bonds. The topological polar surface area (TPSA) is 37.3 Å². The Kier molecular flexibility index (Phi) is 5.61. The number of nitrogens with zero attached hydrogens (tertiary/aromatic N) is 2. The fraction of sp³-hybridized carbons (Fsp3) is 0.238. The third-order valence-electron chi connectivity index (χ3n) is 4.00. The van der Waals surface area contributed by atoms with Gasteiger partial charge < -0.3 is 0 Å². The Morgan fingerprint density at radius 2 is 1.92 bits per heavy atom. The third kappa shape index (κ3) is 4.34. The maximum atomic E-state index is 4.83. The molecular weight excluding hydrogens is 326 g/mol. The van der Waals surface area contributed by atoms with Crippen molar-refractivity contribution in [2.75, 3.05) is 5.43 Å². The number of hydrogen-bond donors (Lipinski definition) is 1. The van der Waals surface area contributed by atoms with Gasteiger partial charge in [-0.1, -0.05) is 72.7 Å². The number of nitrogens with one attached hydrogen (secondary N) is 1. The minimum absolute atomic E-state index is 0.839. The molecule has 0 aliphatic carbocycles. The number of thiazole rings is 1. The second-order valence-corrected chi connectivity index (χ2v) is 7.22. The Bertz CT molecular complexity index is 866. The van der Waals surface area contributed by atoms with Crippen LogP contribution in [0.5, 0.6) is 0 Å². The van der Waals surface area contributed by atoms with Crippen molar-refractivity contribution in [2.24, 2.45) is 5.10 Å². The van der Waals surface area contributed by atoms with Gasteiger partial charge in [-0.15, -0.1) is 0 Å². The van der Waals surface area contributed by atoms with Crippen LogP contribution in [0.4, 0.5) is 5.13 Å². The van der Waals surface area contributed by atoms with E-state index in [1.54, 1.807) is 11.3 Å². The molecule has 0 saturated heterocycles. The Balaban J connectivity index is 1.87. The molecule has 0 unspecified atom stereocenters. The third-order valence-corrected chi connectivity index (χ3v) is 5.02. The summed E-state index contributed by atoms with van der Waals surface area (Å²) in [5.74, 6) is 0. The predicted octanol–water partition coefficient (Wildman–Crippen LogP) is 5.83. The average Bonchev–Trinajstić information content (AvgIpc) is 3.01. The smallest absolute Gasteiger partial charge is 0.204 e. The number of benzene rings is 2. The summed E-state index contributed by atoms with van der Waals surface area (Å²) in [4.78, 5) is 6.14. The van der Waals surface area contributed by atoms with Crippen LogP contribution in [-0.2, 0) is 6.42 Å². The van der Waals surface area contributed by atoms with Gasteiger partial charge in [0.05, 0.1) is 11.9 Å². The van der Waals surface area contributed by atoms with Crippen molar-refractivity contribution in [1.29, 1.82) is 0 Å². The van der Waals surface area contributed by atoms with Gasteiger partial charge in [0.1, 0.15) is 0 Å². The van der Waals surface area contributed by atoms with E-state index >= 15 is 0 Å². The number of aromatic nitrogens is 1. The van der Waals surface area contributed by atoms with Crippen molar-refractivity contribution in [3.63, 3.8) is 0 Å². The average molecular weight is 350 g/mol. The predicted molar refractivity (Wildman–Crippen MR) is 109 cm³/mol. The highest BCUT2D eigenvalue weighted by Crippen LogP contribution is 2.34. The SMILES string of the molecule is CCCc1sc(NN=Cc2ccccc2)nc1-c1cc(C)ccc1C. The lowest BCUT2D eigenvalue weighted by Crippen LogP contribution is -1.91. The van der Waals surface area contributed by atoms with Crippen molar-refractivity contribution < 1.29 is 0 Å². The molecule has 1 heterocycles. The van der Waals surface area contributed by atoms with Crippen LogP contribution in [0.2, 0.25) is 0 Å². The second-order valence-electron chi connectivity index (χ2n) is 6.14. The molecule has 0 fully saturated rings. The molecular formula is C21H23N3S. The van der Waals surface area contributed by atoms with Gasteiger partial charge >= 0.3 is 0 Å². The molecule has 4 heteroatoms. The summed E-state index contributed by atoms with van der Waals surface area (Å²) in [5.41, 5.74) is 8.98. The Morgan fingerprint density at radius 3 is 2.68 bits per heavy atom. The molecule has 3 aromatic rings. The molecule has 25 heavy (non-hydrogen) atoms. The zero-order valence-electron chi connectivity index (χ0n) is 14.9. The molecule has 0 aliphatic rings. The maximum Gasteiger partial charge on any atom is 0.204 e. The van der Waals surface area contributed by atoms with E-state index in [-0.39, 0.29) is 0 Å². The van der Waals surface area contributed by atoms with Crippen molar-refractivity contribution in [3.05, 3.63) is 70.1 Å². The fourth-order valence-electron chi connectivity index (χ4n) is 2.70. The summed E-state index contributed by atoms with van der Waals surface area (Å²) in [5, 5.41) is 5.17. The van der Waals surface area contributed by atoms with E-state index in [4.69, 9.17) is 4.98 Å². The van der Waals surface area contributed by atoms with Crippen LogP contribution in [-0.4, -0.2) is 11.2 Å². The largest absolute Gasteiger partial charge is 0.253 e. The van der Waals surface area contributed by atoms with Gasteiger partial charge in [0, 0.05) is 10.4 Å². The quantitative estimate of drug-likeness (QED) is 0.449. The van der Waals surface area contributed by atoms with Crippen molar-refractivity contribution in [1.82, 2.24) is 4.98 Å². The van der Waals surface area contributed by atoms with Gasteiger partial charge in [-0.2, -0.15) is 5.10 Å². The zero-order valence-corrected chi connectivity index (χ0v) is 15.7. The number of hydrogen-bond acceptors (Lipinski definition) is 4. The minimum atomic E-state index is 0.839. The molecule has 3 nitrogen and oxygen atoms in total. The lowest BCUT2D eigenvalue weighted by molar-refractivity contribution is 0.938. The molecule has 0 saturated carbocycles. The second kappa shape index (κ2) is 8.08. The maximum absolute atomic E-state index is 4.83. The molecule has 0 aliphatic heterocycles. The highest BCUT2D eigenvalue weighted by molar-refractivity contribution is 7.16. The normalized spacial score (nSPS) is 11.2. The number of hydrazone groups is 1. The lowest BCUT2D eigenvalue weighted by atomic mass is 10.0. The van der Waals surface area contributed by atoms with Crippen LogP contribution < -0.4 is 5.43 Å². The first-order valence-corrected chi connectivity index (χ1v) is 9.40. The molecule has 0 spiro atoms. The van der Waals surface area contributed by atoms with Gasteiger partial charge in [-0.3, -0.25) is 5.43 Å². The molecule has 0 atom stereocenters. The highest BCUT2D eigenvalue weighted by atomic mass is 32.1. The van der Waals surface area contributed by atoms with Crippen molar-refractivity contribution in [3.8, 4) is 11.3 Å². The standard InChI is InChI=1S/C21H23N3S/c1-4-8-19-20(18-13-15(2)11-12-16(18)3)23-21(25-19)24-22-14-17-9-6-5-7-10-17/h5-7,9-14H,4,8H2,1-3H3,(H,23,24). The van der Waals surface area contributed by atoms with Crippen LogP contribution in [0.1, 0.15) is 34.9 Å². The Morgan fingerprint density at radius 1 is 1.12 bits per heavy atom. The van der Waals surface area contributed by atoms with Crippen LogP contribution in [0.15, 0.2) is 53.6 Å². The summed E-state index contributed by atoms with van der Waals surface area (Å²) < 4.78 is 0. The molecule has 0 bridgehead atoms. The first-order chi connectivity index (χ1) is 12.2. The zero-order chi connectivity index (χ0) is 17.6. The Labute approximate surface area is 153 Å². The first-order valence-electron chi connectivity index (χ1n) is 8.59. The van der Waals surface area contributed by atoms with Crippen LogP contribution >= 0.6 is 11.3 Å². The first kappa shape index (κ1) is 17.4. The van der Waals surface area contributed by atoms with E-state index in [9.17, 15) is 0 Å². The minimum Gasteiger partial charge on any atom is -0.253 e. The van der Waals surface area contributed by atoms with Gasteiger partial charge in [-0.25, -0.2) is 4.98 Å². The van der Waals surface area contributed by atoms with E-state index < -0.39 is 0 Å². The van der Waals surface area contributed by atoms with Gasteiger partial charge in [0.2, 0.25) is 5.13 Å². The molecule has 128 valence electrons. The summed E-state index contributed by atoms with van der Waals surface area (Å²) in [6.45, 7) is 6.47. The van der Waals surface area contributed by atoms with Crippen molar-refractivity contribution in [2.45, 2.75) is 33.6 Å². The fourth-order valence-corrected chi connectivity index (χ4v) is 3.73.